The van der Waals surface area contributed by atoms with Crippen molar-refractivity contribution in [2.45, 2.75) is 32.7 Å². The Hall–Kier alpha value is -3.15. The summed E-state index contributed by atoms with van der Waals surface area (Å²) in [7, 11) is 0. The zero-order chi connectivity index (χ0) is 18.7. The maximum absolute atomic E-state index is 11.4. The maximum Gasteiger partial charge on any atom is 0.336 e. The lowest BCUT2D eigenvalue weighted by Crippen LogP contribution is -2.10. The van der Waals surface area contributed by atoms with Crippen LogP contribution in [-0.4, -0.2) is 30.9 Å². The smallest absolute Gasteiger partial charge is 0.336 e. The molecule has 3 aromatic rings. The van der Waals surface area contributed by atoms with Crippen molar-refractivity contribution >= 4 is 5.97 Å². The summed E-state index contributed by atoms with van der Waals surface area (Å²) in [5.41, 5.74) is 2.82. The third-order valence-electron chi connectivity index (χ3n) is 4.48. The second kappa shape index (κ2) is 7.39. The zero-order valence-electron chi connectivity index (χ0n) is 14.8. The van der Waals surface area contributed by atoms with Crippen LogP contribution in [0.1, 0.15) is 48.1 Å². The maximum atomic E-state index is 11.4. The number of aromatic nitrogens is 3. The summed E-state index contributed by atoms with van der Waals surface area (Å²) in [6.07, 6.45) is 1.43. The fourth-order valence-corrected chi connectivity index (χ4v) is 2.90. The average Bonchev–Trinajstić information content (AvgIpc) is 3.02. The van der Waals surface area contributed by atoms with Crippen LogP contribution in [0.4, 0.5) is 0 Å². The minimum atomic E-state index is -0.943. The van der Waals surface area contributed by atoms with Crippen LogP contribution in [0.2, 0.25) is 0 Å². The van der Waals surface area contributed by atoms with Gasteiger partial charge in [-0.25, -0.2) is 9.48 Å². The van der Waals surface area contributed by atoms with Gasteiger partial charge in [0.2, 0.25) is 0 Å². The molecule has 0 aliphatic rings. The summed E-state index contributed by atoms with van der Waals surface area (Å²) in [6.45, 7) is 4.09. The molecular formula is C20H21N3O3. The summed E-state index contributed by atoms with van der Waals surface area (Å²) in [6, 6.07) is 14.6. The van der Waals surface area contributed by atoms with E-state index in [1.165, 1.54) is 0 Å². The molecule has 2 aromatic carbocycles. The first-order valence-electron chi connectivity index (χ1n) is 8.55. The molecule has 1 aromatic heterocycles. The Morgan fingerprint density at radius 1 is 1.15 bits per heavy atom. The van der Waals surface area contributed by atoms with Gasteiger partial charge in [0.25, 0.3) is 0 Å². The zero-order valence-corrected chi connectivity index (χ0v) is 14.8. The molecule has 0 bridgehead atoms. The van der Waals surface area contributed by atoms with Gasteiger partial charge in [0, 0.05) is 6.42 Å². The standard InChI is InChI=1S/C20H21N3O3/c1-3-13(2)23-18(21-20(26)22-23)12-14-8-10-15(11-9-14)16-6-4-5-7-17(16)19(24)25/h4-11,13H,3,12H2,1-2H3,(H,22,26)(H,24,25). The molecular weight excluding hydrogens is 330 g/mol. The van der Waals surface area contributed by atoms with Gasteiger partial charge in [0.05, 0.1) is 11.6 Å². The summed E-state index contributed by atoms with van der Waals surface area (Å²) in [5.74, 6) is -0.239. The largest absolute Gasteiger partial charge is 0.478 e. The molecule has 0 saturated heterocycles. The van der Waals surface area contributed by atoms with E-state index in [4.69, 9.17) is 0 Å². The quantitative estimate of drug-likeness (QED) is 0.703. The second-order valence-corrected chi connectivity index (χ2v) is 6.25. The number of aromatic hydroxyl groups is 1. The van der Waals surface area contributed by atoms with Crippen LogP contribution in [0.25, 0.3) is 11.1 Å². The van der Waals surface area contributed by atoms with Crippen LogP contribution >= 0.6 is 0 Å². The van der Waals surface area contributed by atoms with E-state index in [0.717, 1.165) is 17.5 Å². The summed E-state index contributed by atoms with van der Waals surface area (Å²) < 4.78 is 1.75. The highest BCUT2D eigenvalue weighted by Crippen LogP contribution is 2.25. The van der Waals surface area contributed by atoms with E-state index in [0.29, 0.717) is 17.8 Å². The third kappa shape index (κ3) is 3.59. The highest BCUT2D eigenvalue weighted by molar-refractivity contribution is 5.95. The predicted octanol–water partition coefficient (Wildman–Crippen LogP) is 3.91. The second-order valence-electron chi connectivity index (χ2n) is 6.25. The Labute approximate surface area is 151 Å². The van der Waals surface area contributed by atoms with Gasteiger partial charge in [0.15, 0.2) is 0 Å². The first kappa shape index (κ1) is 17.7. The molecule has 2 N–H and O–H groups in total. The molecule has 1 unspecified atom stereocenters. The lowest BCUT2D eigenvalue weighted by molar-refractivity contribution is 0.0697. The highest BCUT2D eigenvalue weighted by atomic mass is 16.4. The normalized spacial score (nSPS) is 12.1. The third-order valence-corrected chi connectivity index (χ3v) is 4.48. The number of carbonyl (C=O) groups is 1. The molecule has 134 valence electrons. The molecule has 6 heteroatoms. The molecule has 1 heterocycles. The molecule has 1 atom stereocenters. The molecule has 0 fully saturated rings. The fraction of sp³-hybridized carbons (Fsp3) is 0.250. The predicted molar refractivity (Wildman–Crippen MR) is 98.3 cm³/mol. The van der Waals surface area contributed by atoms with E-state index in [1.807, 2.05) is 37.3 Å². The first-order chi connectivity index (χ1) is 12.5. The minimum Gasteiger partial charge on any atom is -0.478 e. The van der Waals surface area contributed by atoms with Gasteiger partial charge in [-0.2, -0.15) is 4.98 Å². The molecule has 3 rings (SSSR count). The SMILES string of the molecule is CCC(C)n1nc(O)nc1Cc1ccc(-c2ccccc2C(=O)O)cc1. The van der Waals surface area contributed by atoms with Crippen molar-refractivity contribution in [1.29, 1.82) is 0 Å². The Balaban J connectivity index is 1.87. The van der Waals surface area contributed by atoms with Gasteiger partial charge in [-0.15, -0.1) is 5.10 Å². The Morgan fingerprint density at radius 3 is 2.50 bits per heavy atom. The van der Waals surface area contributed by atoms with Crippen molar-refractivity contribution in [3.8, 4) is 17.1 Å². The van der Waals surface area contributed by atoms with Crippen molar-refractivity contribution in [3.63, 3.8) is 0 Å². The van der Waals surface area contributed by atoms with Crippen molar-refractivity contribution in [1.82, 2.24) is 14.8 Å². The topological polar surface area (TPSA) is 88.2 Å². The van der Waals surface area contributed by atoms with Crippen LogP contribution in [0, 0.1) is 0 Å². The number of rotatable bonds is 6. The fourth-order valence-electron chi connectivity index (χ4n) is 2.90. The van der Waals surface area contributed by atoms with E-state index in [2.05, 4.69) is 17.0 Å². The molecule has 26 heavy (non-hydrogen) atoms. The van der Waals surface area contributed by atoms with Crippen LogP contribution in [0.3, 0.4) is 0 Å². The van der Waals surface area contributed by atoms with E-state index < -0.39 is 5.97 Å². The highest BCUT2D eigenvalue weighted by Gasteiger charge is 2.15. The number of hydrogen-bond donors (Lipinski definition) is 2. The Bertz CT molecular complexity index is 916. The average molecular weight is 351 g/mol. The van der Waals surface area contributed by atoms with Gasteiger partial charge >= 0.3 is 12.0 Å². The number of aromatic carboxylic acids is 1. The molecule has 0 saturated carbocycles. The molecule has 0 spiro atoms. The van der Waals surface area contributed by atoms with E-state index in [1.54, 1.807) is 22.9 Å². The summed E-state index contributed by atoms with van der Waals surface area (Å²) in [4.78, 5) is 15.5. The number of carboxylic acid groups (broad SMARTS) is 1. The van der Waals surface area contributed by atoms with Gasteiger partial charge in [-0.1, -0.05) is 49.4 Å². The molecule has 0 aliphatic carbocycles. The minimum absolute atomic E-state index is 0.153. The molecule has 0 aliphatic heterocycles. The molecule has 6 nitrogen and oxygen atoms in total. The van der Waals surface area contributed by atoms with Crippen molar-refractivity contribution in [3.05, 3.63) is 65.5 Å². The van der Waals surface area contributed by atoms with Crippen LogP contribution in [0.15, 0.2) is 48.5 Å². The van der Waals surface area contributed by atoms with Crippen LogP contribution in [0.5, 0.6) is 6.01 Å². The lowest BCUT2D eigenvalue weighted by atomic mass is 9.98. The number of carboxylic acids is 1. The van der Waals surface area contributed by atoms with Gasteiger partial charge < -0.3 is 10.2 Å². The molecule has 0 amide bonds. The van der Waals surface area contributed by atoms with E-state index in [9.17, 15) is 15.0 Å². The van der Waals surface area contributed by atoms with E-state index >= 15 is 0 Å². The summed E-state index contributed by atoms with van der Waals surface area (Å²) in [5, 5.41) is 23.0. The number of hydrogen-bond acceptors (Lipinski definition) is 4. The van der Waals surface area contributed by atoms with Crippen molar-refractivity contribution in [2.24, 2.45) is 0 Å². The van der Waals surface area contributed by atoms with Gasteiger partial charge in [-0.3, -0.25) is 0 Å². The monoisotopic (exact) mass is 351 g/mol. The van der Waals surface area contributed by atoms with E-state index in [-0.39, 0.29) is 17.6 Å². The van der Waals surface area contributed by atoms with Crippen LogP contribution in [-0.2, 0) is 6.42 Å². The van der Waals surface area contributed by atoms with Gasteiger partial charge in [-0.05, 0) is 36.1 Å². The number of benzene rings is 2. The van der Waals surface area contributed by atoms with Gasteiger partial charge in [0.1, 0.15) is 5.82 Å². The van der Waals surface area contributed by atoms with Crippen molar-refractivity contribution < 1.29 is 15.0 Å². The van der Waals surface area contributed by atoms with Crippen molar-refractivity contribution in [2.75, 3.05) is 0 Å². The summed E-state index contributed by atoms with van der Waals surface area (Å²) >= 11 is 0. The molecule has 0 radical (unpaired) electrons. The Morgan fingerprint density at radius 2 is 1.85 bits per heavy atom. The Kier molecular flexibility index (Phi) is 5.02. The number of nitrogens with zero attached hydrogens (tertiary/aromatic N) is 3. The lowest BCUT2D eigenvalue weighted by Gasteiger charge is -2.12. The first-order valence-corrected chi connectivity index (χ1v) is 8.55. The van der Waals surface area contributed by atoms with Crippen LogP contribution < -0.4 is 0 Å².